The van der Waals surface area contributed by atoms with Crippen molar-refractivity contribution in [2.45, 2.75) is 19.3 Å². The van der Waals surface area contributed by atoms with E-state index in [9.17, 15) is 0 Å². The molecule has 0 aliphatic carbocycles. The van der Waals surface area contributed by atoms with Crippen molar-refractivity contribution in [3.63, 3.8) is 0 Å². The van der Waals surface area contributed by atoms with Crippen LogP contribution in [0.25, 0.3) is 66.3 Å². The molecule has 0 saturated carbocycles. The fraction of sp³-hybridized carbons (Fsp3) is 0.0732. The van der Waals surface area contributed by atoms with Gasteiger partial charge in [-0.05, 0) is 70.8 Å². The minimum atomic E-state index is -0.112. The standard InChI is InChI=1S/C41H30N2/c1-41(2)34-19-8-11-22-38(34)43-36-21-10-7-18-32(36)39(40(41)43)29-14-12-13-27(25-29)28-23-24-37-33(26-28)31-17-6-9-20-35(31)42(37)30-15-4-3-5-16-30/h3-26H,1-2H3. The van der Waals surface area contributed by atoms with Crippen LogP contribution in [0.1, 0.15) is 25.1 Å². The fourth-order valence-corrected chi connectivity index (χ4v) is 7.56. The first-order valence-corrected chi connectivity index (χ1v) is 15.0. The summed E-state index contributed by atoms with van der Waals surface area (Å²) in [5, 5.41) is 3.85. The summed E-state index contributed by atoms with van der Waals surface area (Å²) in [7, 11) is 0. The molecule has 3 heterocycles. The number of fused-ring (bicyclic) bond motifs is 8. The van der Waals surface area contributed by atoms with Crippen molar-refractivity contribution < 1.29 is 0 Å². The van der Waals surface area contributed by atoms with Crippen LogP contribution in [0.2, 0.25) is 0 Å². The lowest BCUT2D eigenvalue weighted by Crippen LogP contribution is -2.16. The minimum Gasteiger partial charge on any atom is -0.312 e. The normalized spacial score (nSPS) is 13.5. The molecule has 1 aliphatic rings. The van der Waals surface area contributed by atoms with Crippen LogP contribution in [0.5, 0.6) is 0 Å². The van der Waals surface area contributed by atoms with Crippen molar-refractivity contribution in [1.29, 1.82) is 0 Å². The predicted octanol–water partition coefficient (Wildman–Crippen LogP) is 10.7. The smallest absolute Gasteiger partial charge is 0.0541 e. The summed E-state index contributed by atoms with van der Waals surface area (Å²) in [5.74, 6) is 0. The molecule has 0 bridgehead atoms. The molecule has 43 heavy (non-hydrogen) atoms. The van der Waals surface area contributed by atoms with Crippen LogP contribution in [-0.4, -0.2) is 9.13 Å². The van der Waals surface area contributed by atoms with Gasteiger partial charge in [0.15, 0.2) is 0 Å². The number of nitrogens with zero attached hydrogens (tertiary/aromatic N) is 2. The van der Waals surface area contributed by atoms with Crippen LogP contribution in [0, 0.1) is 0 Å². The Bertz CT molecular complexity index is 2370. The number of rotatable bonds is 3. The van der Waals surface area contributed by atoms with Gasteiger partial charge < -0.3 is 9.13 Å². The van der Waals surface area contributed by atoms with E-state index < -0.39 is 0 Å². The van der Waals surface area contributed by atoms with E-state index in [1.54, 1.807) is 0 Å². The summed E-state index contributed by atoms with van der Waals surface area (Å²) in [4.78, 5) is 0. The highest BCUT2D eigenvalue weighted by molar-refractivity contribution is 6.10. The first-order valence-electron chi connectivity index (χ1n) is 15.0. The molecule has 0 atom stereocenters. The molecule has 0 radical (unpaired) electrons. The first kappa shape index (κ1) is 24.3. The zero-order valence-corrected chi connectivity index (χ0v) is 24.3. The maximum absolute atomic E-state index is 2.50. The largest absolute Gasteiger partial charge is 0.312 e. The number of benzene rings is 6. The summed E-state index contributed by atoms with van der Waals surface area (Å²) in [6.07, 6.45) is 0. The Labute approximate surface area is 251 Å². The Morgan fingerprint density at radius 2 is 1.07 bits per heavy atom. The van der Waals surface area contributed by atoms with Gasteiger partial charge in [-0.1, -0.05) is 111 Å². The Hall–Kier alpha value is -5.34. The molecule has 6 aromatic carbocycles. The van der Waals surface area contributed by atoms with Gasteiger partial charge in [-0.15, -0.1) is 0 Å². The Kier molecular flexibility index (Phi) is 4.99. The van der Waals surface area contributed by atoms with E-state index >= 15 is 0 Å². The van der Waals surface area contributed by atoms with Crippen molar-refractivity contribution >= 4 is 32.7 Å². The quantitative estimate of drug-likeness (QED) is 0.207. The van der Waals surface area contributed by atoms with Gasteiger partial charge >= 0.3 is 0 Å². The van der Waals surface area contributed by atoms with Gasteiger partial charge in [0.2, 0.25) is 0 Å². The molecule has 8 aromatic rings. The molecule has 9 rings (SSSR count). The van der Waals surface area contributed by atoms with Gasteiger partial charge in [0, 0.05) is 38.5 Å². The average molecular weight is 551 g/mol. The van der Waals surface area contributed by atoms with Gasteiger partial charge in [0.25, 0.3) is 0 Å². The minimum absolute atomic E-state index is 0.112. The van der Waals surface area contributed by atoms with E-state index in [4.69, 9.17) is 0 Å². The molecule has 0 unspecified atom stereocenters. The van der Waals surface area contributed by atoms with Crippen LogP contribution in [0.15, 0.2) is 146 Å². The lowest BCUT2D eigenvalue weighted by molar-refractivity contribution is 0.646. The van der Waals surface area contributed by atoms with Crippen molar-refractivity contribution in [2.24, 2.45) is 0 Å². The molecule has 2 heteroatoms. The molecular weight excluding hydrogens is 520 g/mol. The maximum atomic E-state index is 2.50. The molecular formula is C41H30N2. The summed E-state index contributed by atoms with van der Waals surface area (Å²) in [6.45, 7) is 4.74. The number of para-hydroxylation sites is 4. The molecule has 2 aromatic heterocycles. The second-order valence-corrected chi connectivity index (χ2v) is 12.2. The molecule has 0 fully saturated rings. The Balaban J connectivity index is 1.26. The fourth-order valence-electron chi connectivity index (χ4n) is 7.56. The van der Waals surface area contributed by atoms with Crippen LogP contribution >= 0.6 is 0 Å². The lowest BCUT2D eigenvalue weighted by atomic mass is 9.80. The van der Waals surface area contributed by atoms with E-state index in [2.05, 4.69) is 169 Å². The third-order valence-corrected chi connectivity index (χ3v) is 9.46. The van der Waals surface area contributed by atoms with Gasteiger partial charge in [-0.2, -0.15) is 0 Å². The number of aromatic nitrogens is 2. The van der Waals surface area contributed by atoms with Crippen molar-refractivity contribution in [2.75, 3.05) is 0 Å². The number of hydrogen-bond acceptors (Lipinski definition) is 0. The van der Waals surface area contributed by atoms with Crippen LogP contribution < -0.4 is 0 Å². The molecule has 1 aliphatic heterocycles. The Morgan fingerprint density at radius 1 is 0.442 bits per heavy atom. The van der Waals surface area contributed by atoms with E-state index in [-0.39, 0.29) is 5.41 Å². The summed E-state index contributed by atoms with van der Waals surface area (Å²) >= 11 is 0. The zero-order valence-electron chi connectivity index (χ0n) is 24.3. The topological polar surface area (TPSA) is 9.86 Å². The average Bonchev–Trinajstić information content (AvgIpc) is 3.66. The van der Waals surface area contributed by atoms with E-state index in [1.165, 1.54) is 77.6 Å². The van der Waals surface area contributed by atoms with Crippen molar-refractivity contribution in [3.8, 4) is 33.6 Å². The molecule has 0 saturated heterocycles. The monoisotopic (exact) mass is 550 g/mol. The zero-order chi connectivity index (χ0) is 28.7. The van der Waals surface area contributed by atoms with E-state index in [0.717, 1.165) is 0 Å². The summed E-state index contributed by atoms with van der Waals surface area (Å²) < 4.78 is 4.87. The lowest BCUT2D eigenvalue weighted by Gasteiger charge is -2.22. The molecule has 204 valence electrons. The van der Waals surface area contributed by atoms with Crippen LogP contribution in [-0.2, 0) is 5.41 Å². The predicted molar refractivity (Wildman–Crippen MR) is 181 cm³/mol. The van der Waals surface area contributed by atoms with Crippen LogP contribution in [0.3, 0.4) is 0 Å². The third kappa shape index (κ3) is 3.35. The first-order chi connectivity index (χ1) is 21.1. The van der Waals surface area contributed by atoms with E-state index in [1.807, 2.05) is 0 Å². The maximum Gasteiger partial charge on any atom is 0.0541 e. The van der Waals surface area contributed by atoms with Crippen molar-refractivity contribution in [1.82, 2.24) is 9.13 Å². The Morgan fingerprint density at radius 3 is 1.91 bits per heavy atom. The second kappa shape index (κ2) is 8.83. The van der Waals surface area contributed by atoms with E-state index in [0.29, 0.717) is 0 Å². The molecule has 0 N–H and O–H groups in total. The van der Waals surface area contributed by atoms with Crippen molar-refractivity contribution in [3.05, 3.63) is 157 Å². The second-order valence-electron chi connectivity index (χ2n) is 12.2. The highest BCUT2D eigenvalue weighted by Gasteiger charge is 2.40. The molecule has 0 spiro atoms. The summed E-state index contributed by atoms with van der Waals surface area (Å²) in [6, 6.07) is 53.2. The number of hydrogen-bond donors (Lipinski definition) is 0. The highest BCUT2D eigenvalue weighted by atomic mass is 15.0. The SMILES string of the molecule is CC1(C)c2ccccc2-n2c1c(-c1cccc(-c3ccc4c(c3)c3ccccc3n4-c3ccccc3)c1)c1ccccc12. The van der Waals surface area contributed by atoms with Crippen LogP contribution in [0.4, 0.5) is 0 Å². The molecule has 2 nitrogen and oxygen atoms in total. The highest BCUT2D eigenvalue weighted by Crippen LogP contribution is 2.51. The molecule has 0 amide bonds. The summed E-state index contributed by atoms with van der Waals surface area (Å²) in [5.41, 5.74) is 13.9. The van der Waals surface area contributed by atoms with Gasteiger partial charge in [0.05, 0.1) is 22.2 Å². The van der Waals surface area contributed by atoms with Gasteiger partial charge in [0.1, 0.15) is 0 Å². The van der Waals surface area contributed by atoms with Gasteiger partial charge in [-0.3, -0.25) is 0 Å². The van der Waals surface area contributed by atoms with Gasteiger partial charge in [-0.25, -0.2) is 0 Å². The third-order valence-electron chi connectivity index (χ3n) is 9.46.